The molecule has 1 heterocycles. The molecule has 0 saturated carbocycles. The quantitative estimate of drug-likeness (QED) is 0.721. The van der Waals surface area contributed by atoms with Crippen molar-refractivity contribution in [2.75, 3.05) is 26.4 Å². The summed E-state index contributed by atoms with van der Waals surface area (Å²) in [4.78, 5) is 11.4. The molecule has 1 fully saturated rings. The molecule has 0 spiro atoms. The number of nitrogens with one attached hydrogen (secondary N) is 1. The maximum Gasteiger partial charge on any atom is 0.296 e. The van der Waals surface area contributed by atoms with E-state index in [2.05, 4.69) is 5.32 Å². The van der Waals surface area contributed by atoms with Gasteiger partial charge in [0.1, 0.15) is 6.04 Å². The highest BCUT2D eigenvalue weighted by Gasteiger charge is 2.40. The van der Waals surface area contributed by atoms with Crippen LogP contribution in [0.4, 0.5) is 0 Å². The summed E-state index contributed by atoms with van der Waals surface area (Å²) >= 11 is 0. The summed E-state index contributed by atoms with van der Waals surface area (Å²) in [5.41, 5.74) is 0. The lowest BCUT2D eigenvalue weighted by Crippen LogP contribution is -2.54. The van der Waals surface area contributed by atoms with Crippen LogP contribution in [-0.2, 0) is 14.8 Å². The lowest BCUT2D eigenvalue weighted by atomic mass is 10.1. The number of amides is 1. The van der Waals surface area contributed by atoms with Gasteiger partial charge in [-0.2, -0.15) is 8.42 Å². The Labute approximate surface area is 97.5 Å². The van der Waals surface area contributed by atoms with Crippen molar-refractivity contribution in [3.63, 3.8) is 0 Å². The van der Waals surface area contributed by atoms with Gasteiger partial charge in [-0.05, 0) is 13.3 Å². The average molecular weight is 249 g/mol. The monoisotopic (exact) mass is 249 g/mol. The SMILES string of the molecule is CCS(=O)(=O)[N+](C)(C)[C@@H]1CCCNC(=O)C1. The van der Waals surface area contributed by atoms with Crippen LogP contribution in [0.1, 0.15) is 26.2 Å². The first-order valence-electron chi connectivity index (χ1n) is 5.64. The van der Waals surface area contributed by atoms with E-state index >= 15 is 0 Å². The van der Waals surface area contributed by atoms with Gasteiger partial charge < -0.3 is 5.32 Å². The first kappa shape index (κ1) is 13.4. The number of rotatable bonds is 3. The first-order chi connectivity index (χ1) is 7.31. The number of nitrogens with zero attached hydrogens (tertiary/aromatic N) is 1. The molecule has 0 aromatic heterocycles. The fourth-order valence-corrected chi connectivity index (χ4v) is 3.34. The van der Waals surface area contributed by atoms with E-state index in [4.69, 9.17) is 0 Å². The standard InChI is InChI=1S/C10H20N2O3S/c1-4-16(14,15)12(2,3)9-6-5-7-11-10(13)8-9/h9H,4-8H2,1-3H3/p+1/t9-/m1/s1. The Morgan fingerprint density at radius 3 is 2.62 bits per heavy atom. The summed E-state index contributed by atoms with van der Waals surface area (Å²) in [7, 11) is 0.186. The van der Waals surface area contributed by atoms with Crippen molar-refractivity contribution in [3.8, 4) is 0 Å². The van der Waals surface area contributed by atoms with Gasteiger partial charge in [-0.3, -0.25) is 4.79 Å². The highest BCUT2D eigenvalue weighted by Crippen LogP contribution is 2.23. The number of carbonyl (C=O) groups is 1. The minimum Gasteiger partial charge on any atom is -0.356 e. The van der Waals surface area contributed by atoms with E-state index in [9.17, 15) is 13.2 Å². The number of hydrogen-bond donors (Lipinski definition) is 1. The van der Waals surface area contributed by atoms with Gasteiger partial charge >= 0.3 is 0 Å². The van der Waals surface area contributed by atoms with E-state index in [0.29, 0.717) is 13.0 Å². The van der Waals surface area contributed by atoms with Crippen molar-refractivity contribution in [3.05, 3.63) is 0 Å². The van der Waals surface area contributed by atoms with Gasteiger partial charge in [-0.15, -0.1) is 0 Å². The number of hydrogen-bond acceptors (Lipinski definition) is 3. The zero-order chi connectivity index (χ0) is 12.4. The van der Waals surface area contributed by atoms with Crippen LogP contribution in [0.25, 0.3) is 0 Å². The molecule has 0 unspecified atom stereocenters. The van der Waals surface area contributed by atoms with E-state index in [-0.39, 0.29) is 21.6 Å². The van der Waals surface area contributed by atoms with Crippen LogP contribution in [0.2, 0.25) is 0 Å². The second-order valence-corrected chi connectivity index (χ2v) is 7.34. The van der Waals surface area contributed by atoms with Gasteiger partial charge in [-0.1, -0.05) is 0 Å². The van der Waals surface area contributed by atoms with Crippen molar-refractivity contribution >= 4 is 15.9 Å². The highest BCUT2D eigenvalue weighted by molar-refractivity contribution is 7.85. The molecule has 0 aliphatic carbocycles. The van der Waals surface area contributed by atoms with Crippen LogP contribution in [0.3, 0.4) is 0 Å². The Balaban J connectivity index is 2.93. The van der Waals surface area contributed by atoms with E-state index < -0.39 is 10.0 Å². The van der Waals surface area contributed by atoms with Crippen LogP contribution in [0, 0.1) is 0 Å². The van der Waals surface area contributed by atoms with Crippen LogP contribution < -0.4 is 5.32 Å². The van der Waals surface area contributed by atoms with Crippen LogP contribution in [0.15, 0.2) is 0 Å². The summed E-state index contributed by atoms with van der Waals surface area (Å²) in [6.07, 6.45) is 1.91. The second kappa shape index (κ2) is 4.71. The predicted molar refractivity (Wildman–Crippen MR) is 62.2 cm³/mol. The molecule has 1 aliphatic rings. The minimum absolute atomic E-state index is 0.0417. The second-order valence-electron chi connectivity index (χ2n) is 4.65. The molecule has 1 aliphatic heterocycles. The summed E-state index contributed by atoms with van der Waals surface area (Å²) in [6, 6.07) is -0.132. The molecule has 1 rings (SSSR count). The largest absolute Gasteiger partial charge is 0.356 e. The van der Waals surface area contributed by atoms with Crippen LogP contribution in [0.5, 0.6) is 0 Å². The third kappa shape index (κ3) is 2.55. The molecule has 0 bridgehead atoms. The molecule has 1 N–H and O–H groups in total. The third-order valence-electron chi connectivity index (χ3n) is 3.42. The molecule has 6 heteroatoms. The number of carbonyl (C=O) groups excluding carboxylic acids is 1. The maximum atomic E-state index is 12.0. The van der Waals surface area contributed by atoms with Crippen LogP contribution >= 0.6 is 0 Å². The van der Waals surface area contributed by atoms with E-state index in [1.807, 2.05) is 0 Å². The Morgan fingerprint density at radius 1 is 1.44 bits per heavy atom. The van der Waals surface area contributed by atoms with Crippen molar-refractivity contribution in [1.82, 2.24) is 5.32 Å². The maximum absolute atomic E-state index is 12.0. The summed E-state index contributed by atoms with van der Waals surface area (Å²) in [5, 5.41) is 2.77. The Bertz CT molecular complexity index is 362. The lowest BCUT2D eigenvalue weighted by Gasteiger charge is -2.35. The van der Waals surface area contributed by atoms with Gasteiger partial charge in [0, 0.05) is 13.0 Å². The summed E-state index contributed by atoms with van der Waals surface area (Å²) < 4.78 is 23.9. The van der Waals surface area contributed by atoms with E-state index in [1.54, 1.807) is 21.0 Å². The molecule has 0 aromatic rings. The summed E-state index contributed by atoms with van der Waals surface area (Å²) in [5.74, 6) is 0.0676. The molecule has 94 valence electrons. The highest BCUT2D eigenvalue weighted by atomic mass is 32.2. The van der Waals surface area contributed by atoms with E-state index in [1.165, 1.54) is 0 Å². The predicted octanol–water partition coefficient (Wildman–Crippen LogP) is 0.0812. The molecular formula is C10H21N2O3S+. The van der Waals surface area contributed by atoms with Crippen molar-refractivity contribution in [1.29, 1.82) is 0 Å². The first-order valence-corrected chi connectivity index (χ1v) is 7.25. The minimum atomic E-state index is -3.18. The van der Waals surface area contributed by atoms with Crippen molar-refractivity contribution in [2.24, 2.45) is 0 Å². The molecule has 0 radical (unpaired) electrons. The molecule has 1 amide bonds. The molecule has 16 heavy (non-hydrogen) atoms. The topological polar surface area (TPSA) is 63.2 Å². The zero-order valence-electron chi connectivity index (χ0n) is 10.2. The Hall–Kier alpha value is -0.620. The zero-order valence-corrected chi connectivity index (χ0v) is 11.0. The Morgan fingerprint density at radius 2 is 2.06 bits per heavy atom. The fraction of sp³-hybridized carbons (Fsp3) is 0.900. The number of quaternary nitrogens is 1. The third-order valence-corrected chi connectivity index (χ3v) is 5.88. The van der Waals surface area contributed by atoms with Crippen molar-refractivity contribution in [2.45, 2.75) is 32.2 Å². The molecule has 1 atom stereocenters. The normalized spacial score (nSPS) is 23.7. The molecule has 1 saturated heterocycles. The number of sulfonamides is 1. The fourth-order valence-electron chi connectivity index (χ4n) is 2.04. The Kier molecular flexibility index (Phi) is 3.96. The van der Waals surface area contributed by atoms with Crippen molar-refractivity contribution < 1.29 is 17.1 Å². The smallest absolute Gasteiger partial charge is 0.296 e. The van der Waals surface area contributed by atoms with E-state index in [0.717, 1.165) is 12.8 Å². The summed E-state index contributed by atoms with van der Waals surface area (Å²) in [6.45, 7) is 2.30. The van der Waals surface area contributed by atoms with Gasteiger partial charge in [0.15, 0.2) is 0 Å². The van der Waals surface area contributed by atoms with Gasteiger partial charge in [0.2, 0.25) is 5.91 Å². The van der Waals surface area contributed by atoms with Crippen LogP contribution in [-0.4, -0.2) is 50.6 Å². The molecule has 5 nitrogen and oxygen atoms in total. The lowest BCUT2D eigenvalue weighted by molar-refractivity contribution is -0.791. The molecule has 0 aromatic carbocycles. The van der Waals surface area contributed by atoms with Gasteiger partial charge in [0.05, 0.1) is 26.3 Å². The van der Waals surface area contributed by atoms with Gasteiger partial charge in [0.25, 0.3) is 10.0 Å². The molecular weight excluding hydrogens is 228 g/mol. The average Bonchev–Trinajstić information content (AvgIpc) is 2.42. The van der Waals surface area contributed by atoms with Gasteiger partial charge in [-0.25, -0.2) is 3.89 Å².